The first-order valence-corrected chi connectivity index (χ1v) is 5.62. The molecule has 0 aliphatic rings. The van der Waals surface area contributed by atoms with Gasteiger partial charge in [0.25, 0.3) is 0 Å². The van der Waals surface area contributed by atoms with Crippen LogP contribution in [0.2, 0.25) is 0 Å². The number of hydrogen-bond donors (Lipinski definition) is 0. The Hall–Kier alpha value is -1.02. The minimum absolute atomic E-state index is 0.868. The summed E-state index contributed by atoms with van der Waals surface area (Å²) in [6.45, 7) is 6.04. The summed E-state index contributed by atoms with van der Waals surface area (Å²) in [5.41, 5.74) is 0. The molecule has 0 atom stereocenters. The lowest BCUT2D eigenvalue weighted by Gasteiger charge is -2.02. The maximum Gasteiger partial charge on any atom is 0.126 e. The molecule has 0 aliphatic heterocycles. The van der Waals surface area contributed by atoms with Gasteiger partial charge in [0.2, 0.25) is 0 Å². The predicted molar refractivity (Wildman–Crippen MR) is 69.4 cm³/mol. The second-order valence-corrected chi connectivity index (χ2v) is 4.01. The molecule has 80 valence electrons. The van der Waals surface area contributed by atoms with Gasteiger partial charge in [0.1, 0.15) is 5.75 Å². The van der Waals surface area contributed by atoms with E-state index in [1.54, 1.807) is 7.11 Å². The van der Waals surface area contributed by atoms with Crippen LogP contribution in [0.5, 0.6) is 5.75 Å². The molecular formula is C13H15BrO. The molecule has 1 aromatic rings. The maximum absolute atomic E-state index is 5.30. The third-order valence-electron chi connectivity index (χ3n) is 2.17. The van der Waals surface area contributed by atoms with Gasteiger partial charge in [-0.05, 0) is 30.7 Å². The molecule has 1 rings (SSSR count). The Morgan fingerprint density at radius 1 is 1.47 bits per heavy atom. The van der Waals surface area contributed by atoms with Crippen LogP contribution in [0.15, 0.2) is 28.8 Å². The van der Waals surface area contributed by atoms with Crippen LogP contribution in [0.1, 0.15) is 13.3 Å². The summed E-state index contributed by atoms with van der Waals surface area (Å²) in [5.74, 6) is 0.868. The van der Waals surface area contributed by atoms with Crippen molar-refractivity contribution in [3.63, 3.8) is 0 Å². The summed E-state index contributed by atoms with van der Waals surface area (Å²) in [4.78, 5) is 0. The first-order valence-electron chi connectivity index (χ1n) is 4.83. The van der Waals surface area contributed by atoms with Crippen molar-refractivity contribution < 1.29 is 4.74 Å². The highest BCUT2D eigenvalue weighted by Crippen LogP contribution is 2.06. The third-order valence-corrected chi connectivity index (χ3v) is 2.92. The van der Waals surface area contributed by atoms with E-state index in [0.29, 0.717) is 0 Å². The second kappa shape index (κ2) is 5.76. The lowest BCUT2D eigenvalue weighted by Crippen LogP contribution is -2.26. The van der Waals surface area contributed by atoms with Crippen molar-refractivity contribution in [1.29, 1.82) is 0 Å². The summed E-state index contributed by atoms with van der Waals surface area (Å²) in [7, 11) is 1.68. The molecular weight excluding hydrogens is 252 g/mol. The maximum atomic E-state index is 5.30. The van der Waals surface area contributed by atoms with Gasteiger partial charge < -0.3 is 4.74 Å². The molecule has 0 aromatic heterocycles. The number of halogens is 1. The molecule has 0 amide bonds. The Kier molecular flexibility index (Phi) is 4.63. The van der Waals surface area contributed by atoms with Crippen molar-refractivity contribution in [3.05, 3.63) is 39.2 Å². The molecule has 0 spiro atoms. The van der Waals surface area contributed by atoms with Crippen LogP contribution in [0.3, 0.4) is 0 Å². The number of benzene rings is 1. The van der Waals surface area contributed by atoms with E-state index in [2.05, 4.69) is 34.7 Å². The van der Waals surface area contributed by atoms with Gasteiger partial charge in [-0.3, -0.25) is 0 Å². The summed E-state index contributed by atoms with van der Waals surface area (Å²) in [6.07, 6.45) is 7.14. The van der Waals surface area contributed by atoms with E-state index < -0.39 is 0 Å². The van der Waals surface area contributed by atoms with Crippen molar-refractivity contribution in [2.24, 2.45) is 0 Å². The standard InChI is InChI=1S/C13H15BrO/c1-4-5-6-7-11-10(2)12(14)8-9-13(11)15-3/h4-5,7-9H,2,6H2,1,3H3/b5-4-,11-7+. The van der Waals surface area contributed by atoms with E-state index in [1.807, 2.05) is 25.1 Å². The molecule has 0 saturated heterocycles. The lowest BCUT2D eigenvalue weighted by atomic mass is 10.2. The van der Waals surface area contributed by atoms with Crippen molar-refractivity contribution in [3.8, 4) is 5.75 Å². The normalized spacial score (nSPS) is 12.3. The number of rotatable bonds is 3. The van der Waals surface area contributed by atoms with Crippen LogP contribution in [0.4, 0.5) is 0 Å². The number of hydrogen-bond acceptors (Lipinski definition) is 1. The van der Waals surface area contributed by atoms with Crippen LogP contribution < -0.4 is 15.2 Å². The topological polar surface area (TPSA) is 9.23 Å². The molecule has 1 aromatic carbocycles. The van der Waals surface area contributed by atoms with Crippen molar-refractivity contribution in [1.82, 2.24) is 0 Å². The molecule has 1 nitrogen and oxygen atoms in total. The largest absolute Gasteiger partial charge is 0.496 e. The first-order chi connectivity index (χ1) is 7.20. The van der Waals surface area contributed by atoms with Crippen molar-refractivity contribution in [2.45, 2.75) is 13.3 Å². The zero-order chi connectivity index (χ0) is 11.3. The van der Waals surface area contributed by atoms with E-state index in [4.69, 9.17) is 4.74 Å². The van der Waals surface area contributed by atoms with Crippen LogP contribution >= 0.6 is 15.9 Å². The van der Waals surface area contributed by atoms with Gasteiger partial charge in [-0.25, -0.2) is 0 Å². The fourth-order valence-corrected chi connectivity index (χ4v) is 1.69. The quantitative estimate of drug-likeness (QED) is 0.765. The van der Waals surface area contributed by atoms with Gasteiger partial charge in [-0.15, -0.1) is 0 Å². The zero-order valence-electron chi connectivity index (χ0n) is 9.09. The van der Waals surface area contributed by atoms with Gasteiger partial charge in [0, 0.05) is 9.69 Å². The van der Waals surface area contributed by atoms with Crippen LogP contribution in [0.25, 0.3) is 12.7 Å². The Morgan fingerprint density at radius 2 is 2.20 bits per heavy atom. The zero-order valence-corrected chi connectivity index (χ0v) is 10.7. The number of methoxy groups -OCH3 is 1. The van der Waals surface area contributed by atoms with E-state index in [-0.39, 0.29) is 0 Å². The van der Waals surface area contributed by atoms with Gasteiger partial charge in [-0.1, -0.05) is 40.7 Å². The molecule has 0 aliphatic carbocycles. The van der Waals surface area contributed by atoms with Gasteiger partial charge >= 0.3 is 0 Å². The minimum atomic E-state index is 0.868. The average Bonchev–Trinajstić information content (AvgIpc) is 2.25. The summed E-state index contributed by atoms with van der Waals surface area (Å²) in [5, 5.41) is 2.03. The van der Waals surface area contributed by atoms with Crippen LogP contribution in [0, 0.1) is 0 Å². The first kappa shape index (κ1) is 12.1. The number of allylic oxidation sites excluding steroid dienone is 2. The van der Waals surface area contributed by atoms with Crippen molar-refractivity contribution in [2.75, 3.05) is 7.11 Å². The van der Waals surface area contributed by atoms with Crippen LogP contribution in [-0.4, -0.2) is 7.11 Å². The Morgan fingerprint density at radius 3 is 2.80 bits per heavy atom. The van der Waals surface area contributed by atoms with Crippen LogP contribution in [-0.2, 0) is 0 Å². The molecule has 2 heteroatoms. The summed E-state index contributed by atoms with van der Waals surface area (Å²) >= 11 is 3.46. The monoisotopic (exact) mass is 266 g/mol. The predicted octanol–water partition coefficient (Wildman–Crippen LogP) is 2.61. The molecule has 0 radical (unpaired) electrons. The third kappa shape index (κ3) is 2.96. The Bertz CT molecular complexity index is 460. The Labute approximate surface area is 98.9 Å². The molecule has 0 fully saturated rings. The lowest BCUT2D eigenvalue weighted by molar-refractivity contribution is 0.410. The van der Waals surface area contributed by atoms with E-state index in [1.165, 1.54) is 0 Å². The minimum Gasteiger partial charge on any atom is -0.496 e. The molecule has 0 bridgehead atoms. The van der Waals surface area contributed by atoms with Gasteiger partial charge in [0.05, 0.1) is 7.11 Å². The smallest absolute Gasteiger partial charge is 0.126 e. The SMILES string of the molecule is C=c1c(Br)ccc(OC)/c1=C/C/C=C\C. The highest BCUT2D eigenvalue weighted by molar-refractivity contribution is 9.10. The average molecular weight is 267 g/mol. The molecule has 0 heterocycles. The molecule has 0 unspecified atom stereocenters. The molecule has 0 saturated carbocycles. The summed E-state index contributed by atoms with van der Waals surface area (Å²) in [6, 6.07) is 3.90. The fraction of sp³-hybridized carbons (Fsp3) is 0.231. The van der Waals surface area contributed by atoms with E-state index in [9.17, 15) is 0 Å². The summed E-state index contributed by atoms with van der Waals surface area (Å²) < 4.78 is 6.30. The molecule has 0 N–H and O–H groups in total. The van der Waals surface area contributed by atoms with E-state index >= 15 is 0 Å². The van der Waals surface area contributed by atoms with Gasteiger partial charge in [-0.2, -0.15) is 0 Å². The van der Waals surface area contributed by atoms with Crippen molar-refractivity contribution >= 4 is 28.6 Å². The highest BCUT2D eigenvalue weighted by Gasteiger charge is 1.97. The number of ether oxygens (including phenoxy) is 1. The second-order valence-electron chi connectivity index (χ2n) is 3.15. The van der Waals surface area contributed by atoms with E-state index in [0.717, 1.165) is 27.1 Å². The fourth-order valence-electron chi connectivity index (χ4n) is 1.34. The molecule has 15 heavy (non-hydrogen) atoms. The Balaban J connectivity index is 3.30. The van der Waals surface area contributed by atoms with Gasteiger partial charge in [0.15, 0.2) is 0 Å². The highest BCUT2D eigenvalue weighted by atomic mass is 79.9.